The highest BCUT2D eigenvalue weighted by atomic mass is 16.5. The van der Waals surface area contributed by atoms with Crippen molar-refractivity contribution in [2.75, 3.05) is 5.32 Å². The van der Waals surface area contributed by atoms with Gasteiger partial charge in [-0.1, -0.05) is 30.3 Å². The standard InChI is InChI=1S/C20H19NO4/c1-13(22)14-6-4-7-17(12-14)25-19(23)10-9-16-11-15-5-2-3-8-18(15)21-20(16)24/h2-8,12,16H,9-11H2,1H3,(H,21,24). The quantitative estimate of drug-likeness (QED) is 0.516. The van der Waals surface area contributed by atoms with Crippen LogP contribution in [-0.2, 0) is 16.0 Å². The number of anilines is 1. The van der Waals surface area contributed by atoms with Crippen molar-refractivity contribution in [2.45, 2.75) is 26.2 Å². The van der Waals surface area contributed by atoms with E-state index in [1.165, 1.54) is 6.92 Å². The van der Waals surface area contributed by atoms with Crippen LogP contribution in [0.1, 0.15) is 35.7 Å². The molecule has 0 radical (unpaired) electrons. The molecule has 0 aliphatic carbocycles. The van der Waals surface area contributed by atoms with Gasteiger partial charge in [0.2, 0.25) is 5.91 Å². The first-order valence-electron chi connectivity index (χ1n) is 8.23. The van der Waals surface area contributed by atoms with E-state index in [2.05, 4.69) is 5.32 Å². The average Bonchev–Trinajstić information content (AvgIpc) is 2.60. The molecule has 0 saturated carbocycles. The summed E-state index contributed by atoms with van der Waals surface area (Å²) in [5.41, 5.74) is 2.41. The topological polar surface area (TPSA) is 72.5 Å². The second kappa shape index (κ2) is 7.30. The number of ketones is 1. The summed E-state index contributed by atoms with van der Waals surface area (Å²) < 4.78 is 5.28. The van der Waals surface area contributed by atoms with Gasteiger partial charge in [0.05, 0.1) is 0 Å². The summed E-state index contributed by atoms with van der Waals surface area (Å²) in [7, 11) is 0. The van der Waals surface area contributed by atoms with Gasteiger partial charge in [0.15, 0.2) is 5.78 Å². The Kier molecular flexibility index (Phi) is 4.93. The lowest BCUT2D eigenvalue weighted by molar-refractivity contribution is -0.134. The van der Waals surface area contributed by atoms with Crippen LogP contribution in [0.3, 0.4) is 0 Å². The van der Waals surface area contributed by atoms with Crippen molar-refractivity contribution in [3.63, 3.8) is 0 Å². The summed E-state index contributed by atoms with van der Waals surface area (Å²) in [6.45, 7) is 1.46. The largest absolute Gasteiger partial charge is 0.427 e. The second-order valence-corrected chi connectivity index (χ2v) is 6.14. The van der Waals surface area contributed by atoms with Crippen LogP contribution in [0.4, 0.5) is 5.69 Å². The van der Waals surface area contributed by atoms with Crippen molar-refractivity contribution < 1.29 is 19.1 Å². The first-order valence-corrected chi connectivity index (χ1v) is 8.23. The lowest BCUT2D eigenvalue weighted by atomic mass is 9.90. The Hall–Kier alpha value is -2.95. The number of benzene rings is 2. The van der Waals surface area contributed by atoms with E-state index in [-0.39, 0.29) is 24.0 Å². The zero-order chi connectivity index (χ0) is 17.8. The molecule has 2 aromatic carbocycles. The number of esters is 1. The molecule has 0 saturated heterocycles. The molecule has 2 aromatic rings. The highest BCUT2D eigenvalue weighted by Crippen LogP contribution is 2.27. The fourth-order valence-electron chi connectivity index (χ4n) is 2.90. The molecule has 0 bridgehead atoms. The van der Waals surface area contributed by atoms with E-state index in [1.807, 2.05) is 24.3 Å². The first-order chi connectivity index (χ1) is 12.0. The summed E-state index contributed by atoms with van der Waals surface area (Å²) >= 11 is 0. The zero-order valence-corrected chi connectivity index (χ0v) is 14.0. The van der Waals surface area contributed by atoms with Crippen molar-refractivity contribution in [1.82, 2.24) is 0 Å². The third-order valence-electron chi connectivity index (χ3n) is 4.28. The van der Waals surface area contributed by atoms with Crippen LogP contribution in [-0.4, -0.2) is 17.7 Å². The van der Waals surface area contributed by atoms with Crippen LogP contribution < -0.4 is 10.1 Å². The van der Waals surface area contributed by atoms with Gasteiger partial charge in [-0.25, -0.2) is 0 Å². The molecule has 25 heavy (non-hydrogen) atoms. The molecule has 128 valence electrons. The fourth-order valence-corrected chi connectivity index (χ4v) is 2.90. The minimum atomic E-state index is -0.410. The Morgan fingerprint density at radius 2 is 1.96 bits per heavy atom. The number of hydrogen-bond acceptors (Lipinski definition) is 4. The van der Waals surface area contributed by atoms with Crippen molar-refractivity contribution >= 4 is 23.3 Å². The summed E-state index contributed by atoms with van der Waals surface area (Å²) in [5.74, 6) is -0.463. The molecule has 1 amide bonds. The van der Waals surface area contributed by atoms with E-state index in [9.17, 15) is 14.4 Å². The normalized spacial score (nSPS) is 15.9. The van der Waals surface area contributed by atoms with Gasteiger partial charge in [0.1, 0.15) is 5.75 Å². The van der Waals surface area contributed by atoms with E-state index in [1.54, 1.807) is 24.3 Å². The van der Waals surface area contributed by atoms with Gasteiger partial charge in [-0.2, -0.15) is 0 Å². The Morgan fingerprint density at radius 3 is 2.76 bits per heavy atom. The molecular formula is C20H19NO4. The lowest BCUT2D eigenvalue weighted by Crippen LogP contribution is -2.30. The highest BCUT2D eigenvalue weighted by molar-refractivity contribution is 5.96. The minimum Gasteiger partial charge on any atom is -0.427 e. The highest BCUT2D eigenvalue weighted by Gasteiger charge is 2.26. The van der Waals surface area contributed by atoms with Crippen molar-refractivity contribution in [3.8, 4) is 5.75 Å². The van der Waals surface area contributed by atoms with Gasteiger partial charge in [-0.05, 0) is 43.5 Å². The number of Topliss-reactive ketones (excluding diaryl/α,β-unsaturated/α-hetero) is 1. The molecule has 5 nitrogen and oxygen atoms in total. The smallest absolute Gasteiger partial charge is 0.311 e. The maximum Gasteiger partial charge on any atom is 0.311 e. The molecule has 0 spiro atoms. The maximum absolute atomic E-state index is 12.1. The van der Waals surface area contributed by atoms with Gasteiger partial charge in [-0.3, -0.25) is 14.4 Å². The maximum atomic E-state index is 12.1. The van der Waals surface area contributed by atoms with E-state index in [0.29, 0.717) is 24.2 Å². The van der Waals surface area contributed by atoms with Gasteiger partial charge in [0, 0.05) is 23.6 Å². The summed E-state index contributed by atoms with van der Waals surface area (Å²) in [4.78, 5) is 35.6. The lowest BCUT2D eigenvalue weighted by Gasteiger charge is -2.24. The van der Waals surface area contributed by atoms with Crippen LogP contribution in [0.5, 0.6) is 5.75 Å². The van der Waals surface area contributed by atoms with E-state index in [0.717, 1.165) is 11.3 Å². The molecule has 1 unspecified atom stereocenters. The molecule has 5 heteroatoms. The van der Waals surface area contributed by atoms with Gasteiger partial charge in [0.25, 0.3) is 0 Å². The van der Waals surface area contributed by atoms with Gasteiger partial charge >= 0.3 is 5.97 Å². The van der Waals surface area contributed by atoms with E-state index < -0.39 is 5.97 Å². The number of rotatable bonds is 5. The molecule has 1 N–H and O–H groups in total. The number of para-hydroxylation sites is 1. The Morgan fingerprint density at radius 1 is 1.16 bits per heavy atom. The third-order valence-corrected chi connectivity index (χ3v) is 4.28. The molecule has 3 rings (SSSR count). The molecule has 1 heterocycles. The number of ether oxygens (including phenoxy) is 1. The fraction of sp³-hybridized carbons (Fsp3) is 0.250. The number of amides is 1. The minimum absolute atomic E-state index is 0.0647. The molecule has 0 aromatic heterocycles. The Bertz CT molecular complexity index is 828. The zero-order valence-electron chi connectivity index (χ0n) is 14.0. The van der Waals surface area contributed by atoms with Crippen LogP contribution in [0, 0.1) is 5.92 Å². The van der Waals surface area contributed by atoms with Crippen LogP contribution in [0.2, 0.25) is 0 Å². The monoisotopic (exact) mass is 337 g/mol. The second-order valence-electron chi connectivity index (χ2n) is 6.14. The molecule has 1 atom stereocenters. The van der Waals surface area contributed by atoms with Crippen LogP contribution >= 0.6 is 0 Å². The number of fused-ring (bicyclic) bond motifs is 1. The number of nitrogens with one attached hydrogen (secondary N) is 1. The van der Waals surface area contributed by atoms with Crippen molar-refractivity contribution in [1.29, 1.82) is 0 Å². The van der Waals surface area contributed by atoms with Crippen molar-refractivity contribution in [3.05, 3.63) is 59.7 Å². The molecular weight excluding hydrogens is 318 g/mol. The summed E-state index contributed by atoms with van der Waals surface area (Å²) in [6, 6.07) is 14.2. The van der Waals surface area contributed by atoms with Gasteiger partial charge < -0.3 is 10.1 Å². The number of carbonyl (C=O) groups excluding carboxylic acids is 3. The predicted octanol–water partition coefficient (Wildman–Crippen LogP) is 3.39. The number of hydrogen-bond donors (Lipinski definition) is 1. The summed E-state index contributed by atoms with van der Waals surface area (Å²) in [5, 5.41) is 2.87. The van der Waals surface area contributed by atoms with Crippen molar-refractivity contribution in [2.24, 2.45) is 5.92 Å². The molecule has 1 aliphatic rings. The van der Waals surface area contributed by atoms with E-state index >= 15 is 0 Å². The van der Waals surface area contributed by atoms with Crippen LogP contribution in [0.15, 0.2) is 48.5 Å². The SMILES string of the molecule is CC(=O)c1cccc(OC(=O)CCC2Cc3ccccc3NC2=O)c1. The number of carbonyl (C=O) groups is 3. The Labute approximate surface area is 146 Å². The summed E-state index contributed by atoms with van der Waals surface area (Å²) in [6.07, 6.45) is 1.19. The average molecular weight is 337 g/mol. The van der Waals surface area contributed by atoms with Gasteiger partial charge in [-0.15, -0.1) is 0 Å². The first kappa shape index (κ1) is 16.9. The molecule has 0 fully saturated rings. The Balaban J connectivity index is 1.57. The molecule has 1 aliphatic heterocycles. The van der Waals surface area contributed by atoms with E-state index in [4.69, 9.17) is 4.74 Å². The predicted molar refractivity (Wildman–Crippen MR) is 93.6 cm³/mol. The van der Waals surface area contributed by atoms with Crippen LogP contribution in [0.25, 0.3) is 0 Å². The third kappa shape index (κ3) is 4.12.